The average Bonchev–Trinajstić information content (AvgIpc) is 2.93. The number of rotatable bonds is 2. The molecule has 1 aromatic rings. The standard InChI is InChI=1S/C19H26N2O2/c22-19(21-8-5-15-12-20-13-16(15)6-9-21)11-18-17-4-2-1-3-14(17)7-10-23-18/h1-4,15-16,18,20H,5-13H2/t15-,16+,18?. The molecule has 1 unspecified atom stereocenters. The Labute approximate surface area is 138 Å². The zero-order valence-electron chi connectivity index (χ0n) is 13.7. The van der Waals surface area contributed by atoms with Crippen LogP contribution in [-0.2, 0) is 16.0 Å². The molecule has 0 radical (unpaired) electrons. The van der Waals surface area contributed by atoms with Gasteiger partial charge >= 0.3 is 0 Å². The van der Waals surface area contributed by atoms with Crippen LogP contribution in [0, 0.1) is 11.8 Å². The van der Waals surface area contributed by atoms with Crippen LogP contribution in [0.1, 0.15) is 36.5 Å². The Morgan fingerprint density at radius 1 is 1.17 bits per heavy atom. The largest absolute Gasteiger partial charge is 0.373 e. The van der Waals surface area contributed by atoms with Gasteiger partial charge in [0.1, 0.15) is 0 Å². The number of nitrogens with zero attached hydrogens (tertiary/aromatic N) is 1. The van der Waals surface area contributed by atoms with E-state index < -0.39 is 0 Å². The van der Waals surface area contributed by atoms with Crippen molar-refractivity contribution in [2.24, 2.45) is 11.8 Å². The molecule has 124 valence electrons. The first-order valence-electron chi connectivity index (χ1n) is 8.99. The van der Waals surface area contributed by atoms with Crippen molar-refractivity contribution in [2.45, 2.75) is 31.8 Å². The van der Waals surface area contributed by atoms with Gasteiger partial charge in [-0.2, -0.15) is 0 Å². The molecule has 3 aliphatic heterocycles. The number of carbonyl (C=O) groups excluding carboxylic acids is 1. The Morgan fingerprint density at radius 2 is 1.91 bits per heavy atom. The number of likely N-dealkylation sites (tertiary alicyclic amines) is 1. The van der Waals surface area contributed by atoms with E-state index in [0.717, 1.165) is 63.9 Å². The summed E-state index contributed by atoms with van der Waals surface area (Å²) in [5.41, 5.74) is 2.55. The second kappa shape index (κ2) is 6.62. The van der Waals surface area contributed by atoms with Gasteiger partial charge in [0.15, 0.2) is 0 Å². The Balaban J connectivity index is 1.40. The minimum Gasteiger partial charge on any atom is -0.373 e. The molecule has 4 rings (SSSR count). The average molecular weight is 314 g/mol. The first-order chi connectivity index (χ1) is 11.3. The predicted octanol–water partition coefficient (Wildman–Crippen LogP) is 2.15. The summed E-state index contributed by atoms with van der Waals surface area (Å²) in [5.74, 6) is 1.79. The van der Waals surface area contributed by atoms with Crippen LogP contribution in [0.4, 0.5) is 0 Å². The van der Waals surface area contributed by atoms with Gasteiger partial charge < -0.3 is 15.0 Å². The fraction of sp³-hybridized carbons (Fsp3) is 0.632. The van der Waals surface area contributed by atoms with Gasteiger partial charge in [-0.1, -0.05) is 24.3 Å². The molecule has 3 atom stereocenters. The molecule has 0 bridgehead atoms. The van der Waals surface area contributed by atoms with Crippen molar-refractivity contribution in [3.63, 3.8) is 0 Å². The minimum atomic E-state index is -0.0585. The van der Waals surface area contributed by atoms with Crippen LogP contribution in [0.15, 0.2) is 24.3 Å². The normalized spacial score (nSPS) is 30.4. The summed E-state index contributed by atoms with van der Waals surface area (Å²) in [6, 6.07) is 8.40. The maximum atomic E-state index is 12.8. The molecule has 0 aromatic heterocycles. The fourth-order valence-corrected chi connectivity index (χ4v) is 4.40. The zero-order chi connectivity index (χ0) is 15.6. The summed E-state index contributed by atoms with van der Waals surface area (Å²) in [7, 11) is 0. The highest BCUT2D eigenvalue weighted by Crippen LogP contribution is 2.31. The summed E-state index contributed by atoms with van der Waals surface area (Å²) < 4.78 is 5.91. The number of nitrogens with one attached hydrogen (secondary N) is 1. The molecule has 2 saturated heterocycles. The lowest BCUT2D eigenvalue weighted by molar-refractivity contribution is -0.134. The van der Waals surface area contributed by atoms with Gasteiger partial charge in [0, 0.05) is 13.1 Å². The van der Waals surface area contributed by atoms with Crippen LogP contribution in [0.2, 0.25) is 0 Å². The van der Waals surface area contributed by atoms with Gasteiger partial charge in [0.25, 0.3) is 0 Å². The molecule has 23 heavy (non-hydrogen) atoms. The van der Waals surface area contributed by atoms with Crippen molar-refractivity contribution in [1.29, 1.82) is 0 Å². The smallest absolute Gasteiger partial charge is 0.225 e. The number of fused-ring (bicyclic) bond motifs is 2. The summed E-state index contributed by atoms with van der Waals surface area (Å²) in [5, 5.41) is 3.49. The van der Waals surface area contributed by atoms with Crippen LogP contribution < -0.4 is 5.32 Å². The number of hydrogen-bond acceptors (Lipinski definition) is 3. The van der Waals surface area contributed by atoms with Crippen molar-refractivity contribution in [3.8, 4) is 0 Å². The van der Waals surface area contributed by atoms with Gasteiger partial charge in [-0.15, -0.1) is 0 Å². The summed E-state index contributed by atoms with van der Waals surface area (Å²) in [6.07, 6.45) is 3.68. The topological polar surface area (TPSA) is 41.6 Å². The van der Waals surface area contributed by atoms with Gasteiger partial charge in [-0.25, -0.2) is 0 Å². The van der Waals surface area contributed by atoms with Gasteiger partial charge in [0.05, 0.1) is 19.1 Å². The number of benzene rings is 1. The van der Waals surface area contributed by atoms with E-state index in [2.05, 4.69) is 28.4 Å². The monoisotopic (exact) mass is 314 g/mol. The molecule has 1 aromatic carbocycles. The highest BCUT2D eigenvalue weighted by molar-refractivity contribution is 5.77. The molecular weight excluding hydrogens is 288 g/mol. The highest BCUT2D eigenvalue weighted by atomic mass is 16.5. The first-order valence-corrected chi connectivity index (χ1v) is 8.99. The van der Waals surface area contributed by atoms with Gasteiger partial charge in [0.2, 0.25) is 5.91 Å². The lowest BCUT2D eigenvalue weighted by atomic mass is 9.92. The lowest BCUT2D eigenvalue weighted by Gasteiger charge is -2.28. The molecular formula is C19H26N2O2. The Bertz CT molecular complexity index is 560. The van der Waals surface area contributed by atoms with Crippen LogP contribution >= 0.6 is 0 Å². The molecule has 3 aliphatic rings. The van der Waals surface area contributed by atoms with Crippen LogP contribution in [0.25, 0.3) is 0 Å². The van der Waals surface area contributed by atoms with Crippen LogP contribution in [0.3, 0.4) is 0 Å². The summed E-state index contributed by atoms with van der Waals surface area (Å²) >= 11 is 0. The molecule has 0 saturated carbocycles. The van der Waals surface area contributed by atoms with E-state index in [1.54, 1.807) is 0 Å². The van der Waals surface area contributed by atoms with Gasteiger partial charge in [-0.3, -0.25) is 4.79 Å². The Morgan fingerprint density at radius 3 is 2.70 bits per heavy atom. The second-order valence-electron chi connectivity index (χ2n) is 7.15. The zero-order valence-corrected chi connectivity index (χ0v) is 13.7. The van der Waals surface area contributed by atoms with E-state index in [-0.39, 0.29) is 12.0 Å². The molecule has 1 N–H and O–H groups in total. The molecule has 0 spiro atoms. The highest BCUT2D eigenvalue weighted by Gasteiger charge is 2.32. The van der Waals surface area contributed by atoms with Crippen molar-refractivity contribution < 1.29 is 9.53 Å². The quantitative estimate of drug-likeness (QED) is 0.909. The minimum absolute atomic E-state index is 0.0585. The van der Waals surface area contributed by atoms with Crippen molar-refractivity contribution in [3.05, 3.63) is 35.4 Å². The van der Waals surface area contributed by atoms with E-state index in [1.807, 2.05) is 6.07 Å². The van der Waals surface area contributed by atoms with E-state index in [9.17, 15) is 4.79 Å². The third-order valence-corrected chi connectivity index (χ3v) is 5.82. The van der Waals surface area contributed by atoms with Crippen molar-refractivity contribution in [2.75, 3.05) is 32.8 Å². The molecule has 1 amide bonds. The molecule has 4 heteroatoms. The van der Waals surface area contributed by atoms with Crippen LogP contribution in [-0.4, -0.2) is 43.6 Å². The van der Waals surface area contributed by atoms with Crippen LogP contribution in [0.5, 0.6) is 0 Å². The molecule has 2 fully saturated rings. The molecule has 4 nitrogen and oxygen atoms in total. The SMILES string of the molecule is O=C(CC1OCCc2ccccc21)N1CC[C@@H]2CNC[C@@H]2CC1. The molecule has 0 aliphatic carbocycles. The van der Waals surface area contributed by atoms with Gasteiger partial charge in [-0.05, 0) is 55.3 Å². The van der Waals surface area contributed by atoms with E-state index in [0.29, 0.717) is 6.42 Å². The fourth-order valence-electron chi connectivity index (χ4n) is 4.40. The number of amides is 1. The lowest BCUT2D eigenvalue weighted by Crippen LogP contribution is -2.34. The molecule has 3 heterocycles. The Kier molecular flexibility index (Phi) is 4.36. The van der Waals surface area contributed by atoms with E-state index in [1.165, 1.54) is 11.1 Å². The van der Waals surface area contributed by atoms with E-state index in [4.69, 9.17) is 4.74 Å². The third-order valence-electron chi connectivity index (χ3n) is 5.82. The maximum Gasteiger partial charge on any atom is 0.225 e. The Hall–Kier alpha value is -1.39. The maximum absolute atomic E-state index is 12.8. The second-order valence-corrected chi connectivity index (χ2v) is 7.15. The summed E-state index contributed by atoms with van der Waals surface area (Å²) in [4.78, 5) is 14.9. The van der Waals surface area contributed by atoms with Crippen molar-refractivity contribution >= 4 is 5.91 Å². The van der Waals surface area contributed by atoms with E-state index >= 15 is 0 Å². The predicted molar refractivity (Wildman–Crippen MR) is 89.1 cm³/mol. The number of hydrogen-bond donors (Lipinski definition) is 1. The van der Waals surface area contributed by atoms with Crippen molar-refractivity contribution in [1.82, 2.24) is 10.2 Å². The summed E-state index contributed by atoms with van der Waals surface area (Å²) in [6.45, 7) is 4.81. The number of carbonyl (C=O) groups is 1. The third kappa shape index (κ3) is 3.15. The first kappa shape index (κ1) is 15.2. The number of ether oxygens (including phenoxy) is 1.